The summed E-state index contributed by atoms with van der Waals surface area (Å²) >= 11 is 0. The van der Waals surface area contributed by atoms with E-state index >= 15 is 0 Å². The van der Waals surface area contributed by atoms with Crippen molar-refractivity contribution < 1.29 is 14.7 Å². The summed E-state index contributed by atoms with van der Waals surface area (Å²) in [6, 6.07) is 8.43. The molecule has 2 aliphatic rings. The van der Waals surface area contributed by atoms with Crippen LogP contribution in [0.5, 0.6) is 0 Å². The third kappa shape index (κ3) is 4.40. The Balaban J connectivity index is 1.63. The summed E-state index contributed by atoms with van der Waals surface area (Å²) in [5, 5.41) is 8.87. The van der Waals surface area contributed by atoms with Gasteiger partial charge in [0.05, 0.1) is 6.54 Å². The maximum atomic E-state index is 13.0. The highest BCUT2D eigenvalue weighted by molar-refractivity contribution is 5.96. The predicted octanol–water partition coefficient (Wildman–Crippen LogP) is 2.93. The van der Waals surface area contributed by atoms with Gasteiger partial charge in [-0.2, -0.15) is 0 Å². The zero-order chi connectivity index (χ0) is 17.8. The first kappa shape index (κ1) is 17.9. The number of aryl methyl sites for hydroxylation is 1. The SMILES string of the molecule is CC1CCc2ccccc2N1C(=O)CN1CCCC(CCC(=O)O)C1. The van der Waals surface area contributed by atoms with Gasteiger partial charge in [-0.3, -0.25) is 14.5 Å². The van der Waals surface area contributed by atoms with Crippen LogP contribution in [-0.4, -0.2) is 47.6 Å². The minimum Gasteiger partial charge on any atom is -0.481 e. The van der Waals surface area contributed by atoms with Gasteiger partial charge in [0.2, 0.25) is 5.91 Å². The van der Waals surface area contributed by atoms with Crippen LogP contribution in [0.4, 0.5) is 5.69 Å². The number of carbonyl (C=O) groups is 2. The van der Waals surface area contributed by atoms with E-state index in [1.165, 1.54) is 5.56 Å². The normalized spacial score (nSPS) is 24.0. The number of carboxylic acid groups (broad SMARTS) is 1. The zero-order valence-electron chi connectivity index (χ0n) is 15.0. The molecule has 1 fully saturated rings. The van der Waals surface area contributed by atoms with Crippen LogP contribution in [0.3, 0.4) is 0 Å². The molecule has 0 aromatic heterocycles. The van der Waals surface area contributed by atoms with Gasteiger partial charge in [-0.1, -0.05) is 18.2 Å². The number of hydrogen-bond donors (Lipinski definition) is 1. The predicted molar refractivity (Wildman–Crippen MR) is 97.7 cm³/mol. The molecule has 0 saturated carbocycles. The first-order valence-corrected chi connectivity index (χ1v) is 9.38. The first-order valence-electron chi connectivity index (χ1n) is 9.38. The number of para-hydroxylation sites is 1. The molecule has 1 aromatic carbocycles. The van der Waals surface area contributed by atoms with Crippen LogP contribution in [0.1, 0.15) is 44.6 Å². The van der Waals surface area contributed by atoms with Gasteiger partial charge in [0.1, 0.15) is 0 Å². The maximum absolute atomic E-state index is 13.0. The average Bonchev–Trinajstić information content (AvgIpc) is 2.60. The Morgan fingerprint density at radius 2 is 2.04 bits per heavy atom. The van der Waals surface area contributed by atoms with Gasteiger partial charge in [0, 0.05) is 24.7 Å². The molecular weight excluding hydrogens is 316 g/mol. The summed E-state index contributed by atoms with van der Waals surface area (Å²) < 4.78 is 0. The molecular formula is C20H28N2O3. The van der Waals surface area contributed by atoms with E-state index in [0.29, 0.717) is 18.9 Å². The number of carboxylic acids is 1. The quantitative estimate of drug-likeness (QED) is 0.892. The molecule has 0 bridgehead atoms. The molecule has 25 heavy (non-hydrogen) atoms. The van der Waals surface area contributed by atoms with E-state index in [1.54, 1.807) is 0 Å². The molecule has 0 radical (unpaired) electrons. The van der Waals surface area contributed by atoms with Gasteiger partial charge in [0.15, 0.2) is 0 Å². The van der Waals surface area contributed by atoms with Crippen LogP contribution in [-0.2, 0) is 16.0 Å². The summed E-state index contributed by atoms with van der Waals surface area (Å²) in [4.78, 5) is 28.0. The largest absolute Gasteiger partial charge is 0.481 e. The topological polar surface area (TPSA) is 60.9 Å². The van der Waals surface area contributed by atoms with Gasteiger partial charge in [-0.25, -0.2) is 0 Å². The number of piperidine rings is 1. The summed E-state index contributed by atoms with van der Waals surface area (Å²) in [5.41, 5.74) is 2.32. The van der Waals surface area contributed by atoms with E-state index in [9.17, 15) is 9.59 Å². The Morgan fingerprint density at radius 1 is 1.24 bits per heavy atom. The summed E-state index contributed by atoms with van der Waals surface area (Å²) in [5.74, 6) is -0.172. The van der Waals surface area contributed by atoms with Gasteiger partial charge >= 0.3 is 5.97 Å². The van der Waals surface area contributed by atoms with Gasteiger partial charge < -0.3 is 10.0 Å². The molecule has 136 valence electrons. The minimum atomic E-state index is -0.730. The summed E-state index contributed by atoms with van der Waals surface area (Å²) in [6.07, 6.45) is 5.09. The molecule has 0 aliphatic carbocycles. The van der Waals surface area contributed by atoms with Crippen molar-refractivity contribution >= 4 is 17.6 Å². The van der Waals surface area contributed by atoms with Crippen molar-refractivity contribution in [2.45, 2.75) is 51.5 Å². The van der Waals surface area contributed by atoms with E-state index in [0.717, 1.165) is 44.5 Å². The lowest BCUT2D eigenvalue weighted by atomic mass is 9.93. The van der Waals surface area contributed by atoms with Crippen LogP contribution in [0, 0.1) is 5.92 Å². The molecule has 5 heteroatoms. The molecule has 2 unspecified atom stereocenters. The van der Waals surface area contributed by atoms with Crippen molar-refractivity contribution in [3.05, 3.63) is 29.8 Å². The number of amides is 1. The number of hydrogen-bond acceptors (Lipinski definition) is 3. The third-order valence-corrected chi connectivity index (χ3v) is 5.52. The Labute approximate surface area is 149 Å². The van der Waals surface area contributed by atoms with Crippen molar-refractivity contribution in [3.8, 4) is 0 Å². The Hall–Kier alpha value is -1.88. The fraction of sp³-hybridized carbons (Fsp3) is 0.600. The second-order valence-corrected chi connectivity index (χ2v) is 7.46. The molecule has 3 rings (SSSR count). The van der Waals surface area contributed by atoms with Gasteiger partial charge in [0.25, 0.3) is 0 Å². The van der Waals surface area contributed by atoms with Gasteiger partial charge in [-0.05, 0) is 63.1 Å². The molecule has 2 heterocycles. The van der Waals surface area contributed by atoms with E-state index in [-0.39, 0.29) is 18.4 Å². The standard InChI is InChI=1S/C20H28N2O3/c1-15-8-10-17-6-2-3-7-18(17)22(15)19(23)14-21-12-4-5-16(13-21)9-11-20(24)25/h2-3,6-7,15-16H,4-5,8-14H2,1H3,(H,24,25). The fourth-order valence-electron chi connectivity index (χ4n) is 4.19. The number of fused-ring (bicyclic) bond motifs is 1. The van der Waals surface area contributed by atoms with Crippen molar-refractivity contribution in [1.29, 1.82) is 0 Å². The Kier molecular flexibility index (Phi) is 5.74. The van der Waals surface area contributed by atoms with Crippen molar-refractivity contribution in [1.82, 2.24) is 4.90 Å². The van der Waals surface area contributed by atoms with E-state index < -0.39 is 5.97 Å². The number of benzene rings is 1. The van der Waals surface area contributed by atoms with Crippen molar-refractivity contribution in [2.24, 2.45) is 5.92 Å². The Morgan fingerprint density at radius 3 is 2.84 bits per heavy atom. The lowest BCUT2D eigenvalue weighted by Gasteiger charge is -2.38. The molecule has 1 N–H and O–H groups in total. The van der Waals surface area contributed by atoms with Crippen LogP contribution < -0.4 is 4.90 Å². The lowest BCUT2D eigenvalue weighted by Crippen LogP contribution is -2.49. The highest BCUT2D eigenvalue weighted by Gasteiger charge is 2.30. The highest BCUT2D eigenvalue weighted by atomic mass is 16.4. The Bertz CT molecular complexity index is 631. The molecule has 2 atom stereocenters. The van der Waals surface area contributed by atoms with E-state index in [2.05, 4.69) is 24.0 Å². The second kappa shape index (κ2) is 8.00. The zero-order valence-corrected chi connectivity index (χ0v) is 15.0. The van der Waals surface area contributed by atoms with Crippen molar-refractivity contribution in [3.63, 3.8) is 0 Å². The number of likely N-dealkylation sites (tertiary alicyclic amines) is 1. The number of aliphatic carboxylic acids is 1. The molecule has 5 nitrogen and oxygen atoms in total. The number of carbonyl (C=O) groups excluding carboxylic acids is 1. The van der Waals surface area contributed by atoms with Crippen LogP contribution in [0.15, 0.2) is 24.3 Å². The monoisotopic (exact) mass is 344 g/mol. The number of nitrogens with zero attached hydrogens (tertiary/aromatic N) is 2. The second-order valence-electron chi connectivity index (χ2n) is 7.46. The fourth-order valence-corrected chi connectivity index (χ4v) is 4.19. The molecule has 2 aliphatic heterocycles. The number of anilines is 1. The first-order chi connectivity index (χ1) is 12.0. The number of rotatable bonds is 5. The molecule has 0 spiro atoms. The van der Waals surface area contributed by atoms with Crippen molar-refractivity contribution in [2.75, 3.05) is 24.5 Å². The molecule has 1 saturated heterocycles. The van der Waals surface area contributed by atoms with Gasteiger partial charge in [-0.15, -0.1) is 0 Å². The highest BCUT2D eigenvalue weighted by Crippen LogP contribution is 2.31. The van der Waals surface area contributed by atoms with E-state index in [1.807, 2.05) is 17.0 Å². The maximum Gasteiger partial charge on any atom is 0.303 e. The van der Waals surface area contributed by atoms with Crippen LogP contribution in [0.25, 0.3) is 0 Å². The summed E-state index contributed by atoms with van der Waals surface area (Å²) in [6.45, 7) is 4.32. The minimum absolute atomic E-state index is 0.165. The molecule has 1 amide bonds. The van der Waals surface area contributed by atoms with Crippen LogP contribution >= 0.6 is 0 Å². The third-order valence-electron chi connectivity index (χ3n) is 5.52. The smallest absolute Gasteiger partial charge is 0.303 e. The molecule has 1 aromatic rings. The summed E-state index contributed by atoms with van der Waals surface area (Å²) in [7, 11) is 0. The lowest BCUT2D eigenvalue weighted by molar-refractivity contribution is -0.137. The van der Waals surface area contributed by atoms with Crippen LogP contribution in [0.2, 0.25) is 0 Å². The average molecular weight is 344 g/mol. The van der Waals surface area contributed by atoms with E-state index in [4.69, 9.17) is 5.11 Å².